The van der Waals surface area contributed by atoms with Gasteiger partial charge in [-0.3, -0.25) is 23.7 Å². The van der Waals surface area contributed by atoms with Crippen molar-refractivity contribution in [3.05, 3.63) is 104 Å². The van der Waals surface area contributed by atoms with Crippen molar-refractivity contribution >= 4 is 57.9 Å². The zero-order chi connectivity index (χ0) is 36.1. The van der Waals surface area contributed by atoms with Crippen LogP contribution in [0.2, 0.25) is 0 Å². The highest BCUT2D eigenvalue weighted by Crippen LogP contribution is 2.54. The molecule has 3 heterocycles. The number of para-hydroxylation sites is 2. The lowest BCUT2D eigenvalue weighted by atomic mass is 9.83. The van der Waals surface area contributed by atoms with E-state index in [1.807, 2.05) is 26.0 Å². The highest BCUT2D eigenvalue weighted by atomic mass is 32.2. The van der Waals surface area contributed by atoms with Crippen LogP contribution in [0.15, 0.2) is 82.6 Å². The molecular formula is C34H28F6N4O4S2. The normalized spacial score (nSPS) is 19.0. The van der Waals surface area contributed by atoms with Crippen LogP contribution in [0.3, 0.4) is 0 Å². The number of carbonyl (C=O) groups excluding carboxylic acids is 3. The van der Waals surface area contributed by atoms with Crippen molar-refractivity contribution in [3.63, 3.8) is 0 Å². The topological polar surface area (TPSA) is 91.7 Å². The van der Waals surface area contributed by atoms with Crippen LogP contribution in [0.5, 0.6) is 0 Å². The second-order valence-corrected chi connectivity index (χ2v) is 13.7. The predicted molar refractivity (Wildman–Crippen MR) is 178 cm³/mol. The van der Waals surface area contributed by atoms with Crippen LogP contribution in [-0.2, 0) is 33.3 Å². The summed E-state index contributed by atoms with van der Waals surface area (Å²) in [5, 5.41) is 1.06. The van der Waals surface area contributed by atoms with Gasteiger partial charge >= 0.3 is 17.2 Å². The molecule has 1 N–H and O–H groups in total. The van der Waals surface area contributed by atoms with E-state index in [-0.39, 0.29) is 5.03 Å². The van der Waals surface area contributed by atoms with Crippen molar-refractivity contribution in [1.29, 1.82) is 0 Å². The summed E-state index contributed by atoms with van der Waals surface area (Å²) in [5.41, 5.74) is -2.03. The Morgan fingerprint density at radius 2 is 1.42 bits per heavy atom. The molecule has 3 amide bonds. The third-order valence-electron chi connectivity index (χ3n) is 8.69. The monoisotopic (exact) mass is 734 g/mol. The first-order chi connectivity index (χ1) is 23.6. The minimum absolute atomic E-state index is 0.130. The fraction of sp³-hybridized carbons (Fsp3) is 0.294. The summed E-state index contributed by atoms with van der Waals surface area (Å²) in [5.74, 6) is -4.93. The maximum atomic E-state index is 14.2. The SMILES string of the molecule is CCN(CC)c1ccc([C@H]2c3sc(=O)n(CC(=O)Nc4ccccc4C(F)(F)F)c3SC3C(=O)N(c4ccccc4C(F)(F)F)C(=O)C32)cc1. The summed E-state index contributed by atoms with van der Waals surface area (Å²) in [4.78, 5) is 57.0. The number of amides is 3. The van der Waals surface area contributed by atoms with E-state index in [4.69, 9.17) is 0 Å². The van der Waals surface area contributed by atoms with Crippen LogP contribution in [-0.4, -0.2) is 40.6 Å². The zero-order valence-electron chi connectivity index (χ0n) is 26.3. The van der Waals surface area contributed by atoms with Crippen molar-refractivity contribution < 1.29 is 40.7 Å². The van der Waals surface area contributed by atoms with Crippen LogP contribution in [0.4, 0.5) is 43.4 Å². The van der Waals surface area contributed by atoms with Crippen molar-refractivity contribution in [2.45, 2.75) is 48.9 Å². The third kappa shape index (κ3) is 6.30. The number of benzene rings is 3. The smallest absolute Gasteiger partial charge is 0.372 e. The van der Waals surface area contributed by atoms with Crippen molar-refractivity contribution in [1.82, 2.24) is 4.57 Å². The molecule has 50 heavy (non-hydrogen) atoms. The first-order valence-corrected chi connectivity index (χ1v) is 17.1. The number of carbonyl (C=O) groups is 3. The number of nitrogens with one attached hydrogen (secondary N) is 1. The molecule has 8 nitrogen and oxygen atoms in total. The van der Waals surface area contributed by atoms with Crippen molar-refractivity contribution in [2.75, 3.05) is 28.2 Å². The molecule has 2 unspecified atom stereocenters. The molecule has 1 saturated heterocycles. The fourth-order valence-corrected chi connectivity index (χ4v) is 9.19. The van der Waals surface area contributed by atoms with Crippen LogP contribution in [0, 0.1) is 5.92 Å². The molecule has 0 spiro atoms. The molecule has 0 aliphatic carbocycles. The minimum Gasteiger partial charge on any atom is -0.372 e. The summed E-state index contributed by atoms with van der Waals surface area (Å²) in [7, 11) is 0. The average molecular weight is 735 g/mol. The van der Waals surface area contributed by atoms with Gasteiger partial charge in [-0.05, 0) is 55.8 Å². The summed E-state index contributed by atoms with van der Waals surface area (Å²) >= 11 is 1.49. The summed E-state index contributed by atoms with van der Waals surface area (Å²) in [6.07, 6.45) is -9.65. The van der Waals surface area contributed by atoms with Crippen LogP contribution in [0.25, 0.3) is 0 Å². The van der Waals surface area contributed by atoms with Crippen LogP contribution >= 0.6 is 23.1 Å². The Kier molecular flexibility index (Phi) is 9.37. The quantitative estimate of drug-likeness (QED) is 0.152. The predicted octanol–water partition coefficient (Wildman–Crippen LogP) is 7.23. The molecule has 3 atom stereocenters. The number of fused-ring (bicyclic) bond motifs is 2. The number of thioether (sulfide) groups is 1. The number of aromatic nitrogens is 1. The van der Waals surface area contributed by atoms with Gasteiger partial charge in [-0.2, -0.15) is 26.3 Å². The van der Waals surface area contributed by atoms with E-state index >= 15 is 0 Å². The number of hydrogen-bond acceptors (Lipinski definition) is 7. The molecule has 3 aromatic carbocycles. The lowest BCUT2D eigenvalue weighted by Gasteiger charge is -2.31. The minimum atomic E-state index is -4.88. The largest absolute Gasteiger partial charge is 0.418 e. The molecule has 6 rings (SSSR count). The molecule has 2 aliphatic heterocycles. The summed E-state index contributed by atoms with van der Waals surface area (Å²) in [6.45, 7) is 4.62. The van der Waals surface area contributed by atoms with E-state index in [1.165, 1.54) is 12.1 Å². The van der Waals surface area contributed by atoms with E-state index in [0.717, 1.165) is 58.4 Å². The maximum Gasteiger partial charge on any atom is 0.418 e. The Morgan fingerprint density at radius 3 is 2.04 bits per heavy atom. The van der Waals surface area contributed by atoms with Gasteiger partial charge in [0, 0.05) is 29.6 Å². The molecule has 0 saturated carbocycles. The molecular weight excluding hydrogens is 707 g/mol. The van der Waals surface area contributed by atoms with E-state index in [9.17, 15) is 45.5 Å². The lowest BCUT2D eigenvalue weighted by molar-refractivity contribution is -0.138. The molecule has 16 heteroatoms. The Bertz CT molecular complexity index is 2020. The van der Waals surface area contributed by atoms with E-state index in [0.29, 0.717) is 39.8 Å². The van der Waals surface area contributed by atoms with E-state index in [1.54, 1.807) is 12.1 Å². The number of hydrogen-bond donors (Lipinski definition) is 1. The molecule has 1 aromatic heterocycles. The first-order valence-electron chi connectivity index (χ1n) is 15.4. The molecule has 1 fully saturated rings. The number of nitrogens with zero attached hydrogens (tertiary/aromatic N) is 3. The Hall–Kier alpha value is -4.57. The van der Waals surface area contributed by atoms with Gasteiger partial charge in [-0.15, -0.1) is 0 Å². The second kappa shape index (κ2) is 13.3. The first kappa shape index (κ1) is 35.3. The van der Waals surface area contributed by atoms with E-state index in [2.05, 4.69) is 10.2 Å². The van der Waals surface area contributed by atoms with Crippen molar-refractivity contribution in [3.8, 4) is 0 Å². The number of alkyl halides is 6. The van der Waals surface area contributed by atoms with Gasteiger partial charge in [0.25, 0.3) is 0 Å². The zero-order valence-corrected chi connectivity index (χ0v) is 28.0. The average Bonchev–Trinajstić information content (AvgIpc) is 3.51. The summed E-state index contributed by atoms with van der Waals surface area (Å²) in [6, 6.07) is 15.7. The van der Waals surface area contributed by atoms with Crippen molar-refractivity contribution in [2.24, 2.45) is 5.92 Å². The van der Waals surface area contributed by atoms with Gasteiger partial charge in [0.1, 0.15) is 11.8 Å². The number of thiazole rings is 1. The second-order valence-electron chi connectivity index (χ2n) is 11.5. The van der Waals surface area contributed by atoms with Gasteiger partial charge in [-0.1, -0.05) is 59.5 Å². The summed E-state index contributed by atoms with van der Waals surface area (Å²) < 4.78 is 84.0. The lowest BCUT2D eigenvalue weighted by Crippen LogP contribution is -2.33. The standard InChI is InChI=1S/C34H28F6N4O4S2/c1-3-42(4-2)19-15-13-18(14-16-19)25-26-27(30(47)44(29(26)46)23-12-8-6-10-21(23)34(38,39)40)49-31-28(25)50-32(48)43(31)17-24(45)41-22-11-7-5-9-20(22)33(35,36)37/h5-16,25-27H,3-4,17H2,1-2H3,(H,41,45)/t25-,26?,27?/m1/s1. The Labute approximate surface area is 289 Å². The molecule has 2 aliphatic rings. The highest BCUT2D eigenvalue weighted by molar-refractivity contribution is 8.00. The van der Waals surface area contributed by atoms with Crippen LogP contribution < -0.4 is 20.0 Å². The fourth-order valence-electron chi connectivity index (χ4n) is 6.41. The number of rotatable bonds is 8. The third-order valence-corrected chi connectivity index (χ3v) is 11.3. The van der Waals surface area contributed by atoms with Gasteiger partial charge in [0.15, 0.2) is 0 Å². The van der Waals surface area contributed by atoms with Gasteiger partial charge in [-0.25, -0.2) is 4.90 Å². The van der Waals surface area contributed by atoms with Gasteiger partial charge < -0.3 is 10.2 Å². The Morgan fingerprint density at radius 1 is 0.820 bits per heavy atom. The number of halogens is 6. The molecule has 0 radical (unpaired) electrons. The Balaban J connectivity index is 1.43. The number of anilines is 3. The van der Waals surface area contributed by atoms with E-state index < -0.39 is 81.1 Å². The van der Waals surface area contributed by atoms with Gasteiger partial charge in [0.05, 0.1) is 33.4 Å². The molecule has 0 bridgehead atoms. The molecule has 262 valence electrons. The molecule has 4 aromatic rings. The van der Waals surface area contributed by atoms with Crippen LogP contribution in [0.1, 0.15) is 41.3 Å². The van der Waals surface area contributed by atoms with Gasteiger partial charge in [0.2, 0.25) is 17.7 Å². The highest BCUT2D eigenvalue weighted by Gasteiger charge is 2.57. The maximum absolute atomic E-state index is 14.2. The number of imide groups is 1.